The maximum atomic E-state index is 12.2. The molecule has 0 aliphatic rings. The Bertz CT molecular complexity index is 950. The van der Waals surface area contributed by atoms with Crippen LogP contribution in [0.15, 0.2) is 71.6 Å². The molecule has 6 heteroatoms. The first-order valence-corrected chi connectivity index (χ1v) is 7.24. The van der Waals surface area contributed by atoms with Gasteiger partial charge in [0.05, 0.1) is 12.8 Å². The summed E-state index contributed by atoms with van der Waals surface area (Å²) in [6.07, 6.45) is 5.31. The van der Waals surface area contributed by atoms with Crippen LogP contribution in [0.25, 0.3) is 11.3 Å². The Kier molecular flexibility index (Phi) is 3.20. The first kappa shape index (κ1) is 13.4. The third-order valence-electron chi connectivity index (χ3n) is 3.60. The van der Waals surface area contributed by atoms with Crippen LogP contribution in [0.2, 0.25) is 0 Å². The maximum Gasteiger partial charge on any atom is 0.272 e. The van der Waals surface area contributed by atoms with E-state index in [-0.39, 0.29) is 5.91 Å². The molecule has 0 unspecified atom stereocenters. The highest BCUT2D eigenvalue weighted by Gasteiger charge is 2.12. The van der Waals surface area contributed by atoms with E-state index in [9.17, 15) is 4.79 Å². The van der Waals surface area contributed by atoms with Crippen molar-refractivity contribution in [3.63, 3.8) is 0 Å². The molecule has 0 aromatic carbocycles. The molecule has 0 atom stereocenters. The molecule has 114 valence electrons. The summed E-state index contributed by atoms with van der Waals surface area (Å²) < 4.78 is 8.89. The molecule has 0 aliphatic heterocycles. The second kappa shape index (κ2) is 5.49. The molecule has 0 radical (unpaired) electrons. The Balaban J connectivity index is 1.55. The summed E-state index contributed by atoms with van der Waals surface area (Å²) in [5.74, 6) is 1.35. The van der Waals surface area contributed by atoms with E-state index in [2.05, 4.69) is 10.4 Å². The van der Waals surface area contributed by atoms with Gasteiger partial charge in [0.25, 0.3) is 5.91 Å². The number of furan rings is 1. The fourth-order valence-corrected chi connectivity index (χ4v) is 2.47. The van der Waals surface area contributed by atoms with E-state index in [1.807, 2.05) is 47.0 Å². The van der Waals surface area contributed by atoms with E-state index in [4.69, 9.17) is 4.42 Å². The Morgan fingerprint density at radius 2 is 2.04 bits per heavy atom. The standard InChI is InChI=1S/C17H14N4O2/c22-17(18-12-14-5-3-11-23-14)15-8-10-21(19-15)16-7-6-13-4-1-2-9-20(13)16/h1-11H,12H2,(H,18,22). The van der Waals surface area contributed by atoms with Crippen molar-refractivity contribution in [2.75, 3.05) is 0 Å². The van der Waals surface area contributed by atoms with Crippen LogP contribution >= 0.6 is 0 Å². The van der Waals surface area contributed by atoms with Crippen molar-refractivity contribution >= 4 is 11.4 Å². The number of pyridine rings is 1. The minimum atomic E-state index is -0.235. The van der Waals surface area contributed by atoms with E-state index in [1.165, 1.54) is 0 Å². The number of carbonyl (C=O) groups excluding carboxylic acids is 1. The van der Waals surface area contributed by atoms with Crippen molar-refractivity contribution in [1.29, 1.82) is 0 Å². The average molecular weight is 306 g/mol. The van der Waals surface area contributed by atoms with Crippen LogP contribution in [0.3, 0.4) is 0 Å². The summed E-state index contributed by atoms with van der Waals surface area (Å²) in [5, 5.41) is 7.14. The summed E-state index contributed by atoms with van der Waals surface area (Å²) in [7, 11) is 0. The molecule has 23 heavy (non-hydrogen) atoms. The summed E-state index contributed by atoms with van der Waals surface area (Å²) in [6, 6.07) is 15.2. The fraction of sp³-hybridized carbons (Fsp3) is 0.0588. The molecule has 0 fully saturated rings. The van der Waals surface area contributed by atoms with Gasteiger partial charge in [-0.1, -0.05) is 6.07 Å². The van der Waals surface area contributed by atoms with Gasteiger partial charge in [0.1, 0.15) is 11.6 Å². The van der Waals surface area contributed by atoms with E-state index in [0.29, 0.717) is 18.0 Å². The van der Waals surface area contributed by atoms with Crippen LogP contribution in [-0.2, 0) is 6.54 Å². The number of nitrogens with zero attached hydrogens (tertiary/aromatic N) is 3. The predicted molar refractivity (Wildman–Crippen MR) is 84.4 cm³/mol. The van der Waals surface area contributed by atoms with Crippen molar-refractivity contribution in [2.24, 2.45) is 0 Å². The molecule has 0 spiro atoms. The number of hydrogen-bond acceptors (Lipinski definition) is 3. The van der Waals surface area contributed by atoms with Gasteiger partial charge >= 0.3 is 0 Å². The lowest BCUT2D eigenvalue weighted by Crippen LogP contribution is -2.23. The second-order valence-electron chi connectivity index (χ2n) is 5.09. The topological polar surface area (TPSA) is 64.5 Å². The minimum absolute atomic E-state index is 0.235. The van der Waals surface area contributed by atoms with Gasteiger partial charge in [-0.25, -0.2) is 4.68 Å². The summed E-state index contributed by atoms with van der Waals surface area (Å²) in [6.45, 7) is 0.340. The highest BCUT2D eigenvalue weighted by molar-refractivity contribution is 5.92. The number of nitrogens with one attached hydrogen (secondary N) is 1. The van der Waals surface area contributed by atoms with Crippen LogP contribution in [0.5, 0.6) is 0 Å². The van der Waals surface area contributed by atoms with Gasteiger partial charge in [-0.05, 0) is 42.5 Å². The van der Waals surface area contributed by atoms with Crippen molar-refractivity contribution in [2.45, 2.75) is 6.54 Å². The van der Waals surface area contributed by atoms with Gasteiger partial charge in [-0.15, -0.1) is 0 Å². The van der Waals surface area contributed by atoms with Crippen LogP contribution in [-0.4, -0.2) is 20.1 Å². The van der Waals surface area contributed by atoms with Crippen molar-refractivity contribution in [3.8, 4) is 5.82 Å². The van der Waals surface area contributed by atoms with E-state index >= 15 is 0 Å². The largest absolute Gasteiger partial charge is 0.467 e. The van der Waals surface area contributed by atoms with Crippen LogP contribution in [0.4, 0.5) is 0 Å². The third-order valence-corrected chi connectivity index (χ3v) is 3.60. The van der Waals surface area contributed by atoms with Gasteiger partial charge in [-0.2, -0.15) is 5.10 Å². The lowest BCUT2D eigenvalue weighted by molar-refractivity contribution is 0.0942. The average Bonchev–Trinajstić information content (AvgIpc) is 3.31. The van der Waals surface area contributed by atoms with Crippen molar-refractivity contribution in [3.05, 3.63) is 78.6 Å². The van der Waals surface area contributed by atoms with Gasteiger partial charge in [0.2, 0.25) is 0 Å². The van der Waals surface area contributed by atoms with Gasteiger partial charge in [0.15, 0.2) is 5.69 Å². The molecule has 0 saturated carbocycles. The van der Waals surface area contributed by atoms with Gasteiger partial charge in [0, 0.05) is 17.9 Å². The van der Waals surface area contributed by atoms with Gasteiger partial charge in [-0.3, -0.25) is 4.79 Å². The molecule has 1 N–H and O–H groups in total. The smallest absolute Gasteiger partial charge is 0.272 e. The molecule has 4 rings (SSSR count). The molecular weight excluding hydrogens is 292 g/mol. The Hall–Kier alpha value is -3.28. The zero-order valence-electron chi connectivity index (χ0n) is 12.2. The van der Waals surface area contributed by atoms with Gasteiger partial charge < -0.3 is 14.1 Å². The summed E-state index contributed by atoms with van der Waals surface area (Å²) >= 11 is 0. The first-order valence-electron chi connectivity index (χ1n) is 7.24. The highest BCUT2D eigenvalue weighted by Crippen LogP contribution is 2.14. The van der Waals surface area contributed by atoms with Crippen LogP contribution in [0, 0.1) is 0 Å². The van der Waals surface area contributed by atoms with Crippen LogP contribution in [0.1, 0.15) is 16.2 Å². The second-order valence-corrected chi connectivity index (χ2v) is 5.09. The predicted octanol–water partition coefficient (Wildman–Crippen LogP) is 2.65. The normalized spacial score (nSPS) is 11.0. The molecule has 4 aromatic rings. The number of fused-ring (bicyclic) bond motifs is 1. The third kappa shape index (κ3) is 2.50. The lowest BCUT2D eigenvalue weighted by Gasteiger charge is -2.03. The molecular formula is C17H14N4O2. The monoisotopic (exact) mass is 306 g/mol. The zero-order valence-corrected chi connectivity index (χ0v) is 12.2. The quantitative estimate of drug-likeness (QED) is 0.630. The number of rotatable bonds is 4. The van der Waals surface area contributed by atoms with E-state index in [0.717, 1.165) is 11.3 Å². The molecule has 0 aliphatic carbocycles. The SMILES string of the molecule is O=C(NCc1ccco1)c1ccn(-c2ccc3ccccn23)n1. The van der Waals surface area contributed by atoms with Crippen molar-refractivity contribution in [1.82, 2.24) is 19.5 Å². The molecule has 4 heterocycles. The number of carbonyl (C=O) groups is 1. The molecule has 0 saturated heterocycles. The molecule has 6 nitrogen and oxygen atoms in total. The Morgan fingerprint density at radius 1 is 1.09 bits per heavy atom. The van der Waals surface area contributed by atoms with Crippen molar-refractivity contribution < 1.29 is 9.21 Å². The van der Waals surface area contributed by atoms with E-state index < -0.39 is 0 Å². The number of hydrogen-bond donors (Lipinski definition) is 1. The fourth-order valence-electron chi connectivity index (χ4n) is 2.47. The van der Waals surface area contributed by atoms with Crippen LogP contribution < -0.4 is 5.32 Å². The Morgan fingerprint density at radius 3 is 2.91 bits per heavy atom. The highest BCUT2D eigenvalue weighted by atomic mass is 16.3. The summed E-state index contributed by atoms with van der Waals surface area (Å²) in [4.78, 5) is 12.2. The number of amides is 1. The number of aromatic nitrogens is 3. The molecule has 1 amide bonds. The zero-order chi connectivity index (χ0) is 15.6. The lowest BCUT2D eigenvalue weighted by atomic mass is 10.4. The molecule has 4 aromatic heterocycles. The molecule has 0 bridgehead atoms. The maximum absolute atomic E-state index is 12.2. The first-order chi connectivity index (χ1) is 11.3. The van der Waals surface area contributed by atoms with E-state index in [1.54, 1.807) is 29.3 Å². The summed E-state index contributed by atoms with van der Waals surface area (Å²) in [5.41, 5.74) is 1.43. The Labute approximate surface area is 132 Å². The minimum Gasteiger partial charge on any atom is -0.467 e.